The molecule has 0 rings (SSSR count). The lowest BCUT2D eigenvalue weighted by atomic mass is 10.5. The number of aliphatic hydroxyl groups excluding tert-OH is 1. The molecular weight excluding hydrogens is 100 g/mol. The summed E-state index contributed by atoms with van der Waals surface area (Å²) >= 11 is 0. The van der Waals surface area contributed by atoms with Gasteiger partial charge in [0.05, 0.1) is 7.95 Å². The smallest absolute Gasteiger partial charge is 0.322 e. The van der Waals surface area contributed by atoms with Gasteiger partial charge in [0.2, 0.25) is 0 Å². The summed E-state index contributed by atoms with van der Waals surface area (Å²) in [5.41, 5.74) is 4.72. The lowest BCUT2D eigenvalue weighted by Crippen LogP contribution is -2.33. The third kappa shape index (κ3) is 2.13. The summed E-state index contributed by atoms with van der Waals surface area (Å²) in [5, 5.41) is 16.1. The minimum absolute atomic E-state index is 1.37. The number of carboxylic acid groups (broad SMARTS) is 1. The molecule has 7 heavy (non-hydrogen) atoms. The van der Waals surface area contributed by atoms with Gasteiger partial charge in [0.1, 0.15) is 6.04 Å². The van der Waals surface area contributed by atoms with Crippen molar-refractivity contribution in [2.24, 2.45) is 5.73 Å². The van der Waals surface area contributed by atoms with Crippen LogP contribution in [0.25, 0.3) is 0 Å². The summed E-state index contributed by atoms with van der Waals surface area (Å²) in [6.07, 6.45) is 0. The first kappa shape index (κ1) is 4.55. The van der Waals surface area contributed by atoms with Crippen LogP contribution in [0.3, 0.4) is 0 Å². The highest BCUT2D eigenvalue weighted by Gasteiger charge is 2.06. The van der Waals surface area contributed by atoms with Gasteiger partial charge in [-0.05, 0) is 0 Å². The number of carbonyl (C=O) groups is 1. The van der Waals surface area contributed by atoms with E-state index in [-0.39, 0.29) is 0 Å². The molecule has 0 saturated heterocycles. The second-order valence-electron chi connectivity index (χ2n) is 1.01. The highest BCUT2D eigenvalue weighted by atomic mass is 16.5. The van der Waals surface area contributed by atoms with E-state index in [0.29, 0.717) is 0 Å². The molecular formula is C3H7NO3. The zero-order valence-corrected chi connectivity index (χ0v) is 3.53. The van der Waals surface area contributed by atoms with Gasteiger partial charge in [-0.2, -0.15) is 0 Å². The fourth-order valence-electron chi connectivity index (χ4n) is 0.0638. The average molecular weight is 108 g/mol. The summed E-state index contributed by atoms with van der Waals surface area (Å²) < 4.78 is 6.36. The Morgan fingerprint density at radius 1 is 2.14 bits per heavy atom. The molecule has 0 aromatic carbocycles. The number of aliphatic hydroxyl groups is 1. The molecule has 0 aliphatic heterocycles. The second-order valence-corrected chi connectivity index (χ2v) is 1.01. The van der Waals surface area contributed by atoms with Gasteiger partial charge in [-0.3, -0.25) is 4.79 Å². The van der Waals surface area contributed by atoms with Gasteiger partial charge in [0, 0.05) is 0 Å². The van der Waals surface area contributed by atoms with E-state index in [1.807, 2.05) is 0 Å². The largest absolute Gasteiger partial charge is 0.480 e. The quantitative estimate of drug-likeness (QED) is 0.293. The first-order chi connectivity index (χ1) is 3.55. The molecule has 0 bridgehead atoms. The fraction of sp³-hybridized carbons (Fsp3) is 0.667. The summed E-state index contributed by atoms with van der Waals surface area (Å²) in [5.74, 6) is -1.37. The van der Waals surface area contributed by atoms with Gasteiger partial charge >= 0.3 is 5.97 Å². The monoisotopic (exact) mass is 108 g/mol. The van der Waals surface area contributed by atoms with Crippen molar-refractivity contribution in [1.82, 2.24) is 0 Å². The zero-order chi connectivity index (χ0) is 6.73. The maximum Gasteiger partial charge on any atom is 0.322 e. The van der Waals surface area contributed by atoms with Crippen LogP contribution in [0.1, 0.15) is 1.37 Å². The van der Waals surface area contributed by atoms with Crippen LogP contribution in [0.4, 0.5) is 0 Å². The van der Waals surface area contributed by atoms with Crippen LogP contribution < -0.4 is 5.73 Å². The molecule has 0 saturated carbocycles. The van der Waals surface area contributed by atoms with Crippen molar-refractivity contribution in [3.05, 3.63) is 0 Å². The van der Waals surface area contributed by atoms with Crippen molar-refractivity contribution in [2.75, 3.05) is 6.58 Å². The number of rotatable bonds is 2. The Labute approximate surface area is 42.0 Å². The molecule has 0 heterocycles. The van der Waals surface area contributed by atoms with Crippen molar-refractivity contribution in [2.45, 2.75) is 6.04 Å². The first-order valence-corrected chi connectivity index (χ1v) is 1.64. The van der Waals surface area contributed by atoms with Crippen LogP contribution in [0.5, 0.6) is 0 Å². The molecule has 0 aromatic rings. The molecule has 42 valence electrons. The third-order valence-electron chi connectivity index (χ3n) is 0.446. The number of carboxylic acids is 1. The SMILES string of the molecule is [2H]C(O)[C@H]([15NH2])[13C](=O)O. The van der Waals surface area contributed by atoms with Crippen molar-refractivity contribution in [1.29, 1.82) is 0 Å². The van der Waals surface area contributed by atoms with Crippen LogP contribution in [0.2, 0.25) is 0 Å². The van der Waals surface area contributed by atoms with Gasteiger partial charge in [-0.1, -0.05) is 0 Å². The molecule has 0 aromatic heterocycles. The first-order valence-electron chi connectivity index (χ1n) is 2.22. The maximum atomic E-state index is 9.74. The van der Waals surface area contributed by atoms with Crippen molar-refractivity contribution in [3.63, 3.8) is 0 Å². The summed E-state index contributed by atoms with van der Waals surface area (Å²) in [6, 6.07) is -1.49. The van der Waals surface area contributed by atoms with Crippen LogP contribution in [0.15, 0.2) is 0 Å². The van der Waals surface area contributed by atoms with E-state index in [2.05, 4.69) is 0 Å². The fourth-order valence-corrected chi connectivity index (χ4v) is 0.0638. The molecule has 0 aliphatic rings. The lowest BCUT2D eigenvalue weighted by Gasteiger charge is -1.96. The Balaban J connectivity index is 3.64. The highest BCUT2D eigenvalue weighted by Crippen LogP contribution is 1.71. The highest BCUT2D eigenvalue weighted by molar-refractivity contribution is 5.73. The third-order valence-corrected chi connectivity index (χ3v) is 0.446. The zero-order valence-electron chi connectivity index (χ0n) is 4.53. The van der Waals surface area contributed by atoms with E-state index in [1.54, 1.807) is 0 Å². The van der Waals surface area contributed by atoms with Gasteiger partial charge in [0.25, 0.3) is 0 Å². The number of hydrogen-bond acceptors (Lipinski definition) is 3. The van der Waals surface area contributed by atoms with Crippen molar-refractivity contribution in [3.8, 4) is 0 Å². The lowest BCUT2D eigenvalue weighted by molar-refractivity contribution is -0.139. The summed E-state index contributed by atoms with van der Waals surface area (Å²) in [7, 11) is 0. The molecule has 0 aliphatic carbocycles. The van der Waals surface area contributed by atoms with E-state index in [9.17, 15) is 4.79 Å². The van der Waals surface area contributed by atoms with Crippen molar-refractivity contribution < 1.29 is 16.4 Å². The Hall–Kier alpha value is -0.610. The Bertz CT molecular complexity index is 94.5. The molecule has 0 radical (unpaired) electrons. The minimum Gasteiger partial charge on any atom is -0.480 e. The molecule has 4 N–H and O–H groups in total. The predicted molar refractivity (Wildman–Crippen MR) is 22.7 cm³/mol. The van der Waals surface area contributed by atoms with Crippen LogP contribution in [0, 0.1) is 0 Å². The average Bonchev–Trinajstić information content (AvgIpc) is 1.64. The minimum atomic E-state index is -1.73. The van der Waals surface area contributed by atoms with Gasteiger partial charge in [-0.15, -0.1) is 0 Å². The van der Waals surface area contributed by atoms with E-state index in [1.165, 1.54) is 0 Å². The van der Waals surface area contributed by atoms with E-state index >= 15 is 0 Å². The normalized spacial score (nSPS) is 20.0. The molecule has 1 unspecified atom stereocenters. The topological polar surface area (TPSA) is 83.5 Å². The van der Waals surface area contributed by atoms with Crippen LogP contribution >= 0.6 is 0 Å². The standard InChI is InChI=1S/C3H7NO3/c4-2(1-5)3(6)7/h2,5H,1,4H2,(H,6,7)/t2-/m0/s1/i1D,3+1,4+1/t1?,2-. The number of aliphatic carboxylic acids is 1. The van der Waals surface area contributed by atoms with Gasteiger partial charge < -0.3 is 15.9 Å². The Morgan fingerprint density at radius 3 is 2.57 bits per heavy atom. The van der Waals surface area contributed by atoms with E-state index in [0.717, 1.165) is 0 Å². The van der Waals surface area contributed by atoms with Crippen LogP contribution in [-0.4, -0.2) is 28.8 Å². The van der Waals surface area contributed by atoms with Crippen LogP contribution in [-0.2, 0) is 4.79 Å². The van der Waals surface area contributed by atoms with Gasteiger partial charge in [-0.25, -0.2) is 0 Å². The predicted octanol–water partition coefficient (Wildman–Crippen LogP) is -1.61. The number of nitrogens with two attached hydrogens (primary N) is 1. The molecule has 4 heteroatoms. The van der Waals surface area contributed by atoms with E-state index in [4.69, 9.17) is 17.3 Å². The Morgan fingerprint density at radius 2 is 2.57 bits per heavy atom. The van der Waals surface area contributed by atoms with E-state index < -0.39 is 18.6 Å². The second kappa shape index (κ2) is 2.54. The maximum absolute atomic E-state index is 9.74. The molecule has 2 atom stereocenters. The molecule has 0 amide bonds. The molecule has 4 nitrogen and oxygen atoms in total. The van der Waals surface area contributed by atoms with Gasteiger partial charge in [0.15, 0.2) is 0 Å². The molecule has 0 fully saturated rings. The summed E-state index contributed by atoms with van der Waals surface area (Å²) in [4.78, 5) is 9.74. The van der Waals surface area contributed by atoms with Crippen molar-refractivity contribution >= 4 is 5.97 Å². The summed E-state index contributed by atoms with van der Waals surface area (Å²) in [6.45, 7) is -1.73. The molecule has 0 spiro atoms. The number of hydrogen-bond donors (Lipinski definition) is 3. The Kier molecular flexibility index (Phi) is 1.65.